The molecule has 0 saturated carbocycles. The number of alkyl halides is 1. The first kappa shape index (κ1) is 13.7. The minimum absolute atomic E-state index is 0.136. The standard InChI is InChI=1S/C15H13BrFNO/c1-10(16)13-4-2-3-5-14(13)18-15(19)11-6-8-12(17)9-7-11/h2-10H,1H3,(H,18,19). The second-order valence-corrected chi connectivity index (χ2v) is 5.54. The van der Waals surface area contributed by atoms with E-state index in [-0.39, 0.29) is 16.6 Å². The van der Waals surface area contributed by atoms with Gasteiger partial charge in [0.2, 0.25) is 0 Å². The molecular weight excluding hydrogens is 309 g/mol. The summed E-state index contributed by atoms with van der Waals surface area (Å²) in [4.78, 5) is 12.2. The SMILES string of the molecule is CC(Br)c1ccccc1NC(=O)c1ccc(F)cc1. The lowest BCUT2D eigenvalue weighted by Crippen LogP contribution is -2.13. The molecule has 0 radical (unpaired) electrons. The number of anilines is 1. The van der Waals surface area contributed by atoms with E-state index >= 15 is 0 Å². The highest BCUT2D eigenvalue weighted by molar-refractivity contribution is 9.09. The summed E-state index contributed by atoms with van der Waals surface area (Å²) in [6, 6.07) is 13.0. The number of halogens is 2. The highest BCUT2D eigenvalue weighted by Crippen LogP contribution is 2.28. The molecule has 0 aliphatic heterocycles. The van der Waals surface area contributed by atoms with E-state index < -0.39 is 0 Å². The van der Waals surface area contributed by atoms with Crippen molar-refractivity contribution in [1.82, 2.24) is 0 Å². The van der Waals surface area contributed by atoms with E-state index in [2.05, 4.69) is 21.2 Å². The van der Waals surface area contributed by atoms with Crippen LogP contribution >= 0.6 is 15.9 Å². The van der Waals surface area contributed by atoms with Crippen LogP contribution in [0, 0.1) is 5.82 Å². The molecular formula is C15H13BrFNO. The molecule has 2 aromatic rings. The summed E-state index contributed by atoms with van der Waals surface area (Å²) in [5, 5.41) is 2.84. The molecule has 98 valence electrons. The highest BCUT2D eigenvalue weighted by Gasteiger charge is 2.11. The maximum atomic E-state index is 12.8. The number of hydrogen-bond acceptors (Lipinski definition) is 1. The van der Waals surface area contributed by atoms with Crippen LogP contribution in [0.25, 0.3) is 0 Å². The van der Waals surface area contributed by atoms with Crippen molar-refractivity contribution < 1.29 is 9.18 Å². The Hall–Kier alpha value is -1.68. The molecule has 19 heavy (non-hydrogen) atoms. The summed E-state index contributed by atoms with van der Waals surface area (Å²) in [6.07, 6.45) is 0. The number of hydrogen-bond donors (Lipinski definition) is 1. The van der Waals surface area contributed by atoms with Crippen molar-refractivity contribution in [2.24, 2.45) is 0 Å². The van der Waals surface area contributed by atoms with Crippen molar-refractivity contribution in [3.8, 4) is 0 Å². The monoisotopic (exact) mass is 321 g/mol. The molecule has 1 amide bonds. The first-order chi connectivity index (χ1) is 9.08. The summed E-state index contributed by atoms with van der Waals surface area (Å²) in [5.41, 5.74) is 2.18. The Kier molecular flexibility index (Phi) is 4.32. The van der Waals surface area contributed by atoms with Crippen molar-refractivity contribution in [1.29, 1.82) is 0 Å². The van der Waals surface area contributed by atoms with E-state index in [1.165, 1.54) is 24.3 Å². The third-order valence-electron chi connectivity index (χ3n) is 2.74. The second-order valence-electron chi connectivity index (χ2n) is 4.16. The molecule has 0 spiro atoms. The minimum atomic E-state index is -0.356. The normalized spacial score (nSPS) is 11.9. The first-order valence-electron chi connectivity index (χ1n) is 5.88. The maximum absolute atomic E-state index is 12.8. The van der Waals surface area contributed by atoms with E-state index in [0.29, 0.717) is 5.56 Å². The molecule has 2 aromatic carbocycles. The van der Waals surface area contributed by atoms with Crippen LogP contribution < -0.4 is 5.32 Å². The van der Waals surface area contributed by atoms with Crippen LogP contribution in [0.3, 0.4) is 0 Å². The lowest BCUT2D eigenvalue weighted by Gasteiger charge is -2.12. The third-order valence-corrected chi connectivity index (χ3v) is 3.24. The Morgan fingerprint density at radius 3 is 2.42 bits per heavy atom. The van der Waals surface area contributed by atoms with Crippen LogP contribution in [0.5, 0.6) is 0 Å². The number of para-hydroxylation sites is 1. The average Bonchev–Trinajstić information content (AvgIpc) is 2.39. The van der Waals surface area contributed by atoms with Crippen LogP contribution in [-0.2, 0) is 0 Å². The molecule has 0 fully saturated rings. The summed E-state index contributed by atoms with van der Waals surface area (Å²) in [7, 11) is 0. The predicted octanol–water partition coefficient (Wildman–Crippen LogP) is 4.53. The van der Waals surface area contributed by atoms with Gasteiger partial charge in [-0.05, 0) is 42.8 Å². The lowest BCUT2D eigenvalue weighted by atomic mass is 10.1. The summed E-state index contributed by atoms with van der Waals surface area (Å²) in [6.45, 7) is 1.99. The van der Waals surface area contributed by atoms with Crippen molar-refractivity contribution in [3.05, 3.63) is 65.5 Å². The van der Waals surface area contributed by atoms with Crippen LogP contribution in [-0.4, -0.2) is 5.91 Å². The Morgan fingerprint density at radius 2 is 1.79 bits per heavy atom. The quantitative estimate of drug-likeness (QED) is 0.826. The fourth-order valence-electron chi connectivity index (χ4n) is 1.75. The second kappa shape index (κ2) is 5.97. The van der Waals surface area contributed by atoms with Gasteiger partial charge in [0.25, 0.3) is 5.91 Å². The van der Waals surface area contributed by atoms with Gasteiger partial charge in [0.05, 0.1) is 0 Å². The van der Waals surface area contributed by atoms with E-state index in [1.807, 2.05) is 31.2 Å². The average molecular weight is 322 g/mol. The Bertz CT molecular complexity index is 581. The predicted molar refractivity (Wildman–Crippen MR) is 78.1 cm³/mol. The van der Waals surface area contributed by atoms with Gasteiger partial charge in [-0.25, -0.2) is 4.39 Å². The number of rotatable bonds is 3. The summed E-state index contributed by atoms with van der Waals surface area (Å²) in [5.74, 6) is -0.605. The van der Waals surface area contributed by atoms with Gasteiger partial charge in [-0.1, -0.05) is 34.1 Å². The lowest BCUT2D eigenvalue weighted by molar-refractivity contribution is 0.102. The van der Waals surface area contributed by atoms with Gasteiger partial charge >= 0.3 is 0 Å². The number of carbonyl (C=O) groups excluding carboxylic acids is 1. The van der Waals surface area contributed by atoms with Gasteiger partial charge < -0.3 is 5.32 Å². The van der Waals surface area contributed by atoms with Gasteiger partial charge in [0.1, 0.15) is 5.82 Å². The maximum Gasteiger partial charge on any atom is 0.255 e. The van der Waals surface area contributed by atoms with Crippen molar-refractivity contribution >= 4 is 27.5 Å². The van der Waals surface area contributed by atoms with Crippen LogP contribution in [0.15, 0.2) is 48.5 Å². The largest absolute Gasteiger partial charge is 0.322 e. The molecule has 0 aliphatic carbocycles. The molecule has 0 aliphatic rings. The fourth-order valence-corrected chi connectivity index (χ4v) is 2.15. The molecule has 0 aromatic heterocycles. The van der Waals surface area contributed by atoms with Gasteiger partial charge in [0, 0.05) is 16.1 Å². The molecule has 0 saturated heterocycles. The first-order valence-corrected chi connectivity index (χ1v) is 6.79. The molecule has 1 N–H and O–H groups in total. The van der Waals surface area contributed by atoms with Gasteiger partial charge in [-0.15, -0.1) is 0 Å². The minimum Gasteiger partial charge on any atom is -0.322 e. The van der Waals surface area contributed by atoms with E-state index in [1.54, 1.807) is 0 Å². The van der Waals surface area contributed by atoms with Crippen LogP contribution in [0.1, 0.15) is 27.7 Å². The Balaban J connectivity index is 2.22. The van der Waals surface area contributed by atoms with Crippen molar-refractivity contribution in [3.63, 3.8) is 0 Å². The van der Waals surface area contributed by atoms with E-state index in [0.717, 1.165) is 11.3 Å². The van der Waals surface area contributed by atoms with E-state index in [9.17, 15) is 9.18 Å². The van der Waals surface area contributed by atoms with Crippen molar-refractivity contribution in [2.75, 3.05) is 5.32 Å². The van der Waals surface area contributed by atoms with Gasteiger partial charge in [-0.2, -0.15) is 0 Å². The molecule has 1 atom stereocenters. The third kappa shape index (κ3) is 3.41. The van der Waals surface area contributed by atoms with E-state index in [4.69, 9.17) is 0 Å². The number of nitrogens with one attached hydrogen (secondary N) is 1. The molecule has 0 bridgehead atoms. The fraction of sp³-hybridized carbons (Fsp3) is 0.133. The molecule has 1 unspecified atom stereocenters. The highest BCUT2D eigenvalue weighted by atomic mass is 79.9. The summed E-state index contributed by atoms with van der Waals surface area (Å²) < 4.78 is 12.8. The molecule has 2 rings (SSSR count). The zero-order valence-corrected chi connectivity index (χ0v) is 11.9. The van der Waals surface area contributed by atoms with Crippen LogP contribution in [0.2, 0.25) is 0 Å². The smallest absolute Gasteiger partial charge is 0.255 e. The van der Waals surface area contributed by atoms with Gasteiger partial charge in [-0.3, -0.25) is 4.79 Å². The Morgan fingerprint density at radius 1 is 1.16 bits per heavy atom. The topological polar surface area (TPSA) is 29.1 Å². The Labute approximate surface area is 119 Å². The molecule has 4 heteroatoms. The molecule has 0 heterocycles. The number of benzene rings is 2. The van der Waals surface area contributed by atoms with Crippen LogP contribution in [0.4, 0.5) is 10.1 Å². The van der Waals surface area contributed by atoms with Gasteiger partial charge in [0.15, 0.2) is 0 Å². The number of amides is 1. The summed E-state index contributed by atoms with van der Waals surface area (Å²) >= 11 is 3.49. The number of carbonyl (C=O) groups is 1. The van der Waals surface area contributed by atoms with Crippen molar-refractivity contribution in [2.45, 2.75) is 11.8 Å². The zero-order chi connectivity index (χ0) is 13.8. The molecule has 2 nitrogen and oxygen atoms in total. The zero-order valence-electron chi connectivity index (χ0n) is 10.4.